The zero-order valence-corrected chi connectivity index (χ0v) is 23.8. The quantitative estimate of drug-likeness (QED) is 0.170. The Hall–Kier alpha value is -3.33. The van der Waals surface area contributed by atoms with Gasteiger partial charge in [0.15, 0.2) is 12.4 Å². The lowest BCUT2D eigenvalue weighted by Gasteiger charge is -2.45. The lowest BCUT2D eigenvalue weighted by Crippen LogP contribution is -2.62. The third-order valence-electron chi connectivity index (χ3n) is 6.95. The number of hydrogen-bond acceptors (Lipinski definition) is 7. The van der Waals surface area contributed by atoms with Crippen LogP contribution in [0, 0.1) is 5.92 Å². The van der Waals surface area contributed by atoms with Gasteiger partial charge >= 0.3 is 5.97 Å². The Bertz CT molecular complexity index is 1170. The first-order valence-electron chi connectivity index (χ1n) is 14.0. The summed E-state index contributed by atoms with van der Waals surface area (Å²) in [4.78, 5) is 13.1. The molecule has 0 aromatic heterocycles. The van der Waals surface area contributed by atoms with Crippen molar-refractivity contribution in [2.45, 2.75) is 63.9 Å². The van der Waals surface area contributed by atoms with E-state index < -0.39 is 30.7 Å². The topological polar surface area (TPSA) is 72.5 Å². The Morgan fingerprint density at radius 3 is 1.83 bits per heavy atom. The average molecular weight is 561 g/mol. The van der Waals surface area contributed by atoms with Crippen molar-refractivity contribution in [3.63, 3.8) is 0 Å². The predicted octanol–water partition coefficient (Wildman–Crippen LogP) is 5.87. The van der Waals surface area contributed by atoms with E-state index in [4.69, 9.17) is 28.4 Å². The molecule has 218 valence electrons. The smallest absolute Gasteiger partial charge is 0.306 e. The zero-order valence-electron chi connectivity index (χ0n) is 23.8. The standard InChI is InChI=1S/C34H40O7/c1-4-25(2)20-30(35)41-32-31(38-22-27-16-10-6-11-17-27)29(24-37-21-26-14-8-5-9-15-26)40-34(36-3)33(32)39-23-28-18-12-7-13-19-28/h4-19,25,29,31-34H,1,20-24H2,2-3H3/t25-,29-,31+,32+,33-,34+/m1/s1. The van der Waals surface area contributed by atoms with Crippen LogP contribution in [-0.4, -0.2) is 50.4 Å². The maximum atomic E-state index is 13.1. The van der Waals surface area contributed by atoms with Crippen LogP contribution in [0.3, 0.4) is 0 Å². The van der Waals surface area contributed by atoms with Crippen molar-refractivity contribution in [1.82, 2.24) is 0 Å². The normalized spacial score (nSPS) is 23.0. The van der Waals surface area contributed by atoms with Crippen LogP contribution in [0.4, 0.5) is 0 Å². The maximum Gasteiger partial charge on any atom is 0.306 e. The van der Waals surface area contributed by atoms with Crippen molar-refractivity contribution >= 4 is 5.97 Å². The number of allylic oxidation sites excluding steroid dienone is 1. The van der Waals surface area contributed by atoms with E-state index in [1.165, 1.54) is 0 Å². The van der Waals surface area contributed by atoms with E-state index in [9.17, 15) is 4.79 Å². The minimum atomic E-state index is -0.810. The highest BCUT2D eigenvalue weighted by Crippen LogP contribution is 2.31. The fraction of sp³-hybridized carbons (Fsp3) is 0.382. The van der Waals surface area contributed by atoms with Gasteiger partial charge in [0, 0.05) is 7.11 Å². The van der Waals surface area contributed by atoms with E-state index in [0.29, 0.717) is 13.2 Å². The van der Waals surface area contributed by atoms with Crippen LogP contribution < -0.4 is 0 Å². The fourth-order valence-electron chi connectivity index (χ4n) is 4.66. The summed E-state index contributed by atoms with van der Waals surface area (Å²) in [5.41, 5.74) is 3.00. The van der Waals surface area contributed by atoms with Gasteiger partial charge in [-0.3, -0.25) is 4.79 Å². The second kappa shape index (κ2) is 16.2. The van der Waals surface area contributed by atoms with Gasteiger partial charge in [-0.05, 0) is 22.6 Å². The van der Waals surface area contributed by atoms with Crippen molar-refractivity contribution in [3.05, 3.63) is 120 Å². The first-order chi connectivity index (χ1) is 20.1. The molecule has 41 heavy (non-hydrogen) atoms. The van der Waals surface area contributed by atoms with Crippen LogP contribution in [0.5, 0.6) is 0 Å². The number of carbonyl (C=O) groups excluding carboxylic acids is 1. The second-order valence-electron chi connectivity index (χ2n) is 10.2. The van der Waals surface area contributed by atoms with Gasteiger partial charge in [0.05, 0.1) is 32.8 Å². The number of ether oxygens (including phenoxy) is 6. The molecule has 7 nitrogen and oxygen atoms in total. The predicted molar refractivity (Wildman–Crippen MR) is 156 cm³/mol. The molecule has 0 spiro atoms. The van der Waals surface area contributed by atoms with Gasteiger partial charge in [-0.15, -0.1) is 6.58 Å². The highest BCUT2D eigenvalue weighted by Gasteiger charge is 2.50. The summed E-state index contributed by atoms with van der Waals surface area (Å²) in [5.74, 6) is -0.414. The second-order valence-corrected chi connectivity index (χ2v) is 10.2. The van der Waals surface area contributed by atoms with Gasteiger partial charge in [-0.1, -0.05) is 104 Å². The highest BCUT2D eigenvalue weighted by molar-refractivity contribution is 5.70. The molecule has 7 heteroatoms. The van der Waals surface area contributed by atoms with Gasteiger partial charge in [-0.25, -0.2) is 0 Å². The molecule has 1 heterocycles. The molecular formula is C34H40O7. The lowest BCUT2D eigenvalue weighted by molar-refractivity contribution is -0.317. The maximum absolute atomic E-state index is 13.1. The number of carbonyl (C=O) groups is 1. The Morgan fingerprint density at radius 1 is 0.805 bits per heavy atom. The largest absolute Gasteiger partial charge is 0.456 e. The summed E-state index contributed by atoms with van der Waals surface area (Å²) < 4.78 is 37.2. The zero-order chi connectivity index (χ0) is 28.9. The van der Waals surface area contributed by atoms with E-state index in [1.54, 1.807) is 13.2 Å². The number of rotatable bonds is 15. The first-order valence-corrected chi connectivity index (χ1v) is 14.0. The minimum absolute atomic E-state index is 0.0436. The van der Waals surface area contributed by atoms with Gasteiger partial charge < -0.3 is 28.4 Å². The summed E-state index contributed by atoms with van der Waals surface area (Å²) in [6, 6.07) is 29.5. The molecule has 0 unspecified atom stereocenters. The van der Waals surface area contributed by atoms with Crippen molar-refractivity contribution in [2.24, 2.45) is 5.92 Å². The van der Waals surface area contributed by atoms with Crippen LogP contribution in [0.15, 0.2) is 104 Å². The van der Waals surface area contributed by atoms with Gasteiger partial charge in [0.2, 0.25) is 0 Å². The molecule has 0 saturated carbocycles. The van der Waals surface area contributed by atoms with Crippen LogP contribution in [0.25, 0.3) is 0 Å². The van der Waals surface area contributed by atoms with E-state index in [0.717, 1.165) is 16.7 Å². The molecule has 0 amide bonds. The molecule has 3 aromatic rings. The van der Waals surface area contributed by atoms with Gasteiger partial charge in [-0.2, -0.15) is 0 Å². The Morgan fingerprint density at radius 2 is 1.32 bits per heavy atom. The molecule has 1 aliphatic rings. The number of methoxy groups -OCH3 is 1. The molecule has 0 bridgehead atoms. The number of hydrogen-bond donors (Lipinski definition) is 0. The van der Waals surface area contributed by atoms with Crippen molar-refractivity contribution in [1.29, 1.82) is 0 Å². The molecule has 6 atom stereocenters. The van der Waals surface area contributed by atoms with Crippen molar-refractivity contribution in [2.75, 3.05) is 13.7 Å². The summed E-state index contributed by atoms with van der Waals surface area (Å²) >= 11 is 0. The summed E-state index contributed by atoms with van der Waals surface area (Å²) in [6.45, 7) is 6.91. The highest BCUT2D eigenvalue weighted by atomic mass is 16.7. The SMILES string of the molecule is C=C[C@@H](C)CC(=O)O[C@H]1[C@@H](OCc2ccccc2)[C@@H](COCc2ccccc2)O[C@H](OC)[C@@H]1OCc1ccccc1. The Labute approximate surface area is 243 Å². The molecule has 4 rings (SSSR count). The van der Waals surface area contributed by atoms with Crippen LogP contribution >= 0.6 is 0 Å². The molecule has 0 aliphatic carbocycles. The summed E-state index contributed by atoms with van der Waals surface area (Å²) in [7, 11) is 1.55. The molecule has 1 fully saturated rings. The van der Waals surface area contributed by atoms with Crippen LogP contribution in [0.1, 0.15) is 30.0 Å². The lowest BCUT2D eigenvalue weighted by atomic mass is 9.97. The summed E-state index contributed by atoms with van der Waals surface area (Å²) in [5, 5.41) is 0. The van der Waals surface area contributed by atoms with E-state index in [-0.39, 0.29) is 31.5 Å². The number of benzene rings is 3. The molecule has 3 aromatic carbocycles. The van der Waals surface area contributed by atoms with Crippen molar-refractivity contribution in [3.8, 4) is 0 Å². The monoisotopic (exact) mass is 560 g/mol. The van der Waals surface area contributed by atoms with Crippen LogP contribution in [-0.2, 0) is 53.0 Å². The van der Waals surface area contributed by atoms with E-state index >= 15 is 0 Å². The molecule has 0 radical (unpaired) electrons. The fourth-order valence-corrected chi connectivity index (χ4v) is 4.66. The molecular weight excluding hydrogens is 520 g/mol. The minimum Gasteiger partial charge on any atom is -0.456 e. The number of esters is 1. The summed E-state index contributed by atoms with van der Waals surface area (Å²) in [6.07, 6.45) is -1.71. The molecule has 1 aliphatic heterocycles. The van der Waals surface area contributed by atoms with E-state index in [1.807, 2.05) is 97.9 Å². The Balaban J connectivity index is 1.58. The van der Waals surface area contributed by atoms with Crippen molar-refractivity contribution < 1.29 is 33.2 Å². The van der Waals surface area contributed by atoms with Gasteiger partial charge in [0.1, 0.15) is 18.3 Å². The third-order valence-corrected chi connectivity index (χ3v) is 6.95. The van der Waals surface area contributed by atoms with Crippen LogP contribution in [0.2, 0.25) is 0 Å². The molecule has 0 N–H and O–H groups in total. The first kappa shape index (κ1) is 30.6. The third kappa shape index (κ3) is 9.35. The molecule has 1 saturated heterocycles. The van der Waals surface area contributed by atoms with Gasteiger partial charge in [0.25, 0.3) is 0 Å². The Kier molecular flexibility index (Phi) is 12.1. The van der Waals surface area contributed by atoms with E-state index in [2.05, 4.69) is 6.58 Å². The average Bonchev–Trinajstić information content (AvgIpc) is 3.01.